The highest BCUT2D eigenvalue weighted by molar-refractivity contribution is 7.13. The number of urea groups is 1. The Labute approximate surface area is 171 Å². The van der Waals surface area contributed by atoms with Crippen LogP contribution in [-0.2, 0) is 9.53 Å². The van der Waals surface area contributed by atoms with Crippen LogP contribution >= 0.6 is 11.3 Å². The summed E-state index contributed by atoms with van der Waals surface area (Å²) in [5, 5.41) is 6.99. The third-order valence-electron chi connectivity index (χ3n) is 4.82. The van der Waals surface area contributed by atoms with Gasteiger partial charge in [-0.25, -0.2) is 19.0 Å². The highest BCUT2D eigenvalue weighted by atomic mass is 32.1. The van der Waals surface area contributed by atoms with Crippen molar-refractivity contribution in [3.05, 3.63) is 41.2 Å². The van der Waals surface area contributed by atoms with Crippen LogP contribution in [0.25, 0.3) is 10.6 Å². The molecule has 2 aromatic rings. The van der Waals surface area contributed by atoms with Crippen molar-refractivity contribution < 1.29 is 23.5 Å². The normalized spacial score (nSPS) is 18.7. The van der Waals surface area contributed by atoms with Gasteiger partial charge in [0.15, 0.2) is 12.3 Å². The SMILES string of the molecule is C[C@@H]1CCCC[C@H]1NC(=O)NC(=O)COC(=O)c1csc(-c2ccc(F)cc2)n1. The van der Waals surface area contributed by atoms with Crippen molar-refractivity contribution in [2.24, 2.45) is 5.92 Å². The summed E-state index contributed by atoms with van der Waals surface area (Å²) in [6.45, 7) is 1.48. The molecule has 1 heterocycles. The number of nitrogens with one attached hydrogen (secondary N) is 2. The van der Waals surface area contributed by atoms with Crippen LogP contribution in [0.4, 0.5) is 9.18 Å². The molecule has 3 amide bonds. The van der Waals surface area contributed by atoms with Crippen molar-refractivity contribution >= 4 is 29.2 Å². The molecule has 1 fully saturated rings. The van der Waals surface area contributed by atoms with E-state index in [4.69, 9.17) is 4.74 Å². The number of imide groups is 1. The Hall–Kier alpha value is -2.81. The van der Waals surface area contributed by atoms with Gasteiger partial charge in [-0.05, 0) is 43.0 Å². The van der Waals surface area contributed by atoms with Gasteiger partial charge in [-0.15, -0.1) is 11.3 Å². The van der Waals surface area contributed by atoms with E-state index >= 15 is 0 Å². The molecule has 7 nitrogen and oxygen atoms in total. The van der Waals surface area contributed by atoms with E-state index in [0.29, 0.717) is 16.5 Å². The molecule has 1 aromatic heterocycles. The number of aromatic nitrogens is 1. The molecular weight excluding hydrogens is 397 g/mol. The number of thiazole rings is 1. The summed E-state index contributed by atoms with van der Waals surface area (Å²) in [5.74, 6) is -1.49. The van der Waals surface area contributed by atoms with Crippen LogP contribution < -0.4 is 10.6 Å². The third-order valence-corrected chi connectivity index (χ3v) is 5.71. The summed E-state index contributed by atoms with van der Waals surface area (Å²) in [7, 11) is 0. The molecule has 2 N–H and O–H groups in total. The maximum absolute atomic E-state index is 13.0. The predicted molar refractivity (Wildman–Crippen MR) is 106 cm³/mol. The zero-order chi connectivity index (χ0) is 20.8. The third kappa shape index (κ3) is 5.83. The van der Waals surface area contributed by atoms with Gasteiger partial charge in [0, 0.05) is 17.0 Å². The Morgan fingerprint density at radius 2 is 1.93 bits per heavy atom. The van der Waals surface area contributed by atoms with E-state index < -0.39 is 24.5 Å². The van der Waals surface area contributed by atoms with Crippen LogP contribution in [0, 0.1) is 11.7 Å². The molecular formula is C20H22FN3O4S. The predicted octanol–water partition coefficient (Wildman–Crippen LogP) is 3.51. The Morgan fingerprint density at radius 3 is 2.66 bits per heavy atom. The second-order valence-electron chi connectivity index (χ2n) is 7.01. The number of halogens is 1. The molecule has 0 saturated heterocycles. The van der Waals surface area contributed by atoms with E-state index in [2.05, 4.69) is 22.5 Å². The van der Waals surface area contributed by atoms with Gasteiger partial charge < -0.3 is 10.1 Å². The number of amides is 3. The average molecular weight is 419 g/mol. The minimum absolute atomic E-state index is 0.0407. The van der Waals surface area contributed by atoms with Crippen LogP contribution in [-0.4, -0.2) is 35.5 Å². The van der Waals surface area contributed by atoms with E-state index in [1.54, 1.807) is 12.1 Å². The summed E-state index contributed by atoms with van der Waals surface area (Å²) < 4.78 is 17.9. The lowest BCUT2D eigenvalue weighted by Crippen LogP contribution is -2.48. The van der Waals surface area contributed by atoms with Crippen LogP contribution in [0.2, 0.25) is 0 Å². The molecule has 0 bridgehead atoms. The standard InChI is InChI=1S/C20H22FN3O4S/c1-12-4-2-3-5-15(12)23-20(27)24-17(25)10-28-19(26)16-11-29-18(22-16)13-6-8-14(21)9-7-13/h6-9,11-12,15H,2-5,10H2,1H3,(H2,23,24,25,27)/t12-,15-/m1/s1. The number of hydrogen-bond acceptors (Lipinski definition) is 6. The molecule has 9 heteroatoms. The fourth-order valence-electron chi connectivity index (χ4n) is 3.20. The first-order valence-electron chi connectivity index (χ1n) is 9.41. The molecule has 29 heavy (non-hydrogen) atoms. The number of nitrogens with zero attached hydrogens (tertiary/aromatic N) is 1. The fourth-order valence-corrected chi connectivity index (χ4v) is 3.99. The maximum atomic E-state index is 13.0. The number of carbonyl (C=O) groups is 3. The van der Waals surface area contributed by atoms with Crippen molar-refractivity contribution in [2.45, 2.75) is 38.6 Å². The highest BCUT2D eigenvalue weighted by Crippen LogP contribution is 2.24. The summed E-state index contributed by atoms with van der Waals surface area (Å²) in [4.78, 5) is 40.0. The monoisotopic (exact) mass is 419 g/mol. The molecule has 154 valence electrons. The summed E-state index contributed by atoms with van der Waals surface area (Å²) in [6, 6.07) is 5.18. The van der Waals surface area contributed by atoms with Crippen LogP contribution in [0.3, 0.4) is 0 Å². The Balaban J connectivity index is 1.45. The van der Waals surface area contributed by atoms with Crippen molar-refractivity contribution in [2.75, 3.05) is 6.61 Å². The Bertz CT molecular complexity index is 884. The zero-order valence-corrected chi connectivity index (χ0v) is 16.8. The summed E-state index contributed by atoms with van der Waals surface area (Å²) in [6.07, 6.45) is 4.13. The smallest absolute Gasteiger partial charge is 0.358 e. The van der Waals surface area contributed by atoms with Gasteiger partial charge in [0.1, 0.15) is 10.8 Å². The van der Waals surface area contributed by atoms with Gasteiger partial charge in [0.25, 0.3) is 5.91 Å². The number of ether oxygens (including phenoxy) is 1. The van der Waals surface area contributed by atoms with E-state index in [1.165, 1.54) is 28.8 Å². The molecule has 2 atom stereocenters. The number of carbonyl (C=O) groups excluding carboxylic acids is 3. The fraction of sp³-hybridized carbons (Fsp3) is 0.400. The molecule has 0 radical (unpaired) electrons. The summed E-state index contributed by atoms with van der Waals surface area (Å²) in [5.41, 5.74) is 0.712. The maximum Gasteiger partial charge on any atom is 0.358 e. The van der Waals surface area contributed by atoms with Gasteiger partial charge in [-0.2, -0.15) is 0 Å². The van der Waals surface area contributed by atoms with E-state index in [1.807, 2.05) is 0 Å². The average Bonchev–Trinajstić information content (AvgIpc) is 3.19. The first kappa shape index (κ1) is 20.9. The Kier molecular flexibility index (Phi) is 6.92. The molecule has 3 rings (SSSR count). The lowest BCUT2D eigenvalue weighted by atomic mass is 9.86. The van der Waals surface area contributed by atoms with Crippen LogP contribution in [0.5, 0.6) is 0 Å². The Morgan fingerprint density at radius 1 is 1.21 bits per heavy atom. The largest absolute Gasteiger partial charge is 0.451 e. The number of hydrogen-bond donors (Lipinski definition) is 2. The zero-order valence-electron chi connectivity index (χ0n) is 15.9. The van der Waals surface area contributed by atoms with Crippen molar-refractivity contribution in [3.8, 4) is 10.6 Å². The quantitative estimate of drug-likeness (QED) is 0.723. The number of rotatable bonds is 5. The summed E-state index contributed by atoms with van der Waals surface area (Å²) >= 11 is 1.20. The van der Waals surface area contributed by atoms with E-state index in [-0.39, 0.29) is 17.6 Å². The van der Waals surface area contributed by atoms with Crippen molar-refractivity contribution in [1.82, 2.24) is 15.6 Å². The van der Waals surface area contributed by atoms with Gasteiger partial charge in [-0.1, -0.05) is 19.8 Å². The van der Waals surface area contributed by atoms with Gasteiger partial charge in [0.05, 0.1) is 0 Å². The molecule has 0 spiro atoms. The molecule has 1 aromatic carbocycles. The second kappa shape index (κ2) is 9.60. The van der Waals surface area contributed by atoms with Gasteiger partial charge in [-0.3, -0.25) is 10.1 Å². The first-order chi connectivity index (χ1) is 13.9. The molecule has 1 saturated carbocycles. The van der Waals surface area contributed by atoms with Crippen LogP contribution in [0.15, 0.2) is 29.6 Å². The van der Waals surface area contributed by atoms with E-state index in [0.717, 1.165) is 25.7 Å². The van der Waals surface area contributed by atoms with Gasteiger partial charge >= 0.3 is 12.0 Å². The van der Waals surface area contributed by atoms with Crippen LogP contribution in [0.1, 0.15) is 43.1 Å². The topological polar surface area (TPSA) is 97.4 Å². The second-order valence-corrected chi connectivity index (χ2v) is 7.87. The highest BCUT2D eigenvalue weighted by Gasteiger charge is 2.23. The molecule has 0 aliphatic heterocycles. The van der Waals surface area contributed by atoms with Crippen molar-refractivity contribution in [1.29, 1.82) is 0 Å². The first-order valence-corrected chi connectivity index (χ1v) is 10.3. The molecule has 1 aliphatic carbocycles. The van der Waals surface area contributed by atoms with Gasteiger partial charge in [0.2, 0.25) is 0 Å². The molecule has 1 aliphatic rings. The number of esters is 1. The molecule has 0 unspecified atom stereocenters. The van der Waals surface area contributed by atoms with Crippen molar-refractivity contribution in [3.63, 3.8) is 0 Å². The minimum Gasteiger partial charge on any atom is -0.451 e. The van der Waals surface area contributed by atoms with E-state index in [9.17, 15) is 18.8 Å². The lowest BCUT2D eigenvalue weighted by molar-refractivity contribution is -0.123. The lowest BCUT2D eigenvalue weighted by Gasteiger charge is -2.29. The minimum atomic E-state index is -0.772. The number of benzene rings is 1.